The summed E-state index contributed by atoms with van der Waals surface area (Å²) in [5.41, 5.74) is 2.58. The van der Waals surface area contributed by atoms with Crippen molar-refractivity contribution >= 4 is 23.8 Å². The van der Waals surface area contributed by atoms with E-state index in [9.17, 15) is 9.59 Å². The standard InChI is InChI=1S/C19H29N3O3S/c1-3-25-19(24)22-11-9-21(10-12-22)14-18(23)20-8-13-26-15-17-6-4-16(2)5-7-17/h4-7H,3,8-15H2,1-2H3,(H,20,23). The predicted molar refractivity (Wildman–Crippen MR) is 105 cm³/mol. The third-order valence-electron chi connectivity index (χ3n) is 4.22. The van der Waals surface area contributed by atoms with Gasteiger partial charge in [0.1, 0.15) is 0 Å². The number of benzene rings is 1. The Morgan fingerprint density at radius 3 is 2.50 bits per heavy atom. The van der Waals surface area contributed by atoms with Crippen LogP contribution in [0.5, 0.6) is 0 Å². The van der Waals surface area contributed by atoms with E-state index in [0.29, 0.717) is 45.9 Å². The number of rotatable bonds is 8. The molecular weight excluding hydrogens is 350 g/mol. The number of nitrogens with zero attached hydrogens (tertiary/aromatic N) is 2. The van der Waals surface area contributed by atoms with Crippen LogP contribution in [-0.2, 0) is 15.3 Å². The Morgan fingerprint density at radius 2 is 1.85 bits per heavy atom. The number of ether oxygens (including phenoxy) is 1. The second kappa shape index (κ2) is 11.1. The Balaban J connectivity index is 1.54. The molecule has 1 aromatic carbocycles. The van der Waals surface area contributed by atoms with E-state index in [1.54, 1.807) is 11.8 Å². The average molecular weight is 380 g/mol. The fraction of sp³-hybridized carbons (Fsp3) is 0.579. The van der Waals surface area contributed by atoms with Gasteiger partial charge in [-0.25, -0.2) is 4.79 Å². The largest absolute Gasteiger partial charge is 0.450 e. The molecule has 0 unspecified atom stereocenters. The van der Waals surface area contributed by atoms with E-state index >= 15 is 0 Å². The highest BCUT2D eigenvalue weighted by atomic mass is 32.2. The summed E-state index contributed by atoms with van der Waals surface area (Å²) < 4.78 is 5.00. The maximum absolute atomic E-state index is 12.0. The van der Waals surface area contributed by atoms with Crippen LogP contribution in [0.4, 0.5) is 4.79 Å². The minimum Gasteiger partial charge on any atom is -0.450 e. The number of thioether (sulfide) groups is 1. The third kappa shape index (κ3) is 7.25. The lowest BCUT2D eigenvalue weighted by Gasteiger charge is -2.33. The molecule has 7 heteroatoms. The maximum Gasteiger partial charge on any atom is 0.409 e. The van der Waals surface area contributed by atoms with Gasteiger partial charge in [-0.2, -0.15) is 11.8 Å². The van der Waals surface area contributed by atoms with E-state index in [0.717, 1.165) is 11.5 Å². The number of carbonyl (C=O) groups excluding carboxylic acids is 2. The molecule has 0 aromatic heterocycles. The quantitative estimate of drug-likeness (QED) is 0.701. The van der Waals surface area contributed by atoms with E-state index in [1.807, 2.05) is 11.8 Å². The number of nitrogens with one attached hydrogen (secondary N) is 1. The Hall–Kier alpha value is -1.73. The van der Waals surface area contributed by atoms with Gasteiger partial charge in [0.15, 0.2) is 0 Å². The topological polar surface area (TPSA) is 61.9 Å². The van der Waals surface area contributed by atoms with Crippen LogP contribution < -0.4 is 5.32 Å². The third-order valence-corrected chi connectivity index (χ3v) is 5.25. The number of aryl methyl sites for hydroxylation is 1. The van der Waals surface area contributed by atoms with Gasteiger partial charge >= 0.3 is 6.09 Å². The van der Waals surface area contributed by atoms with E-state index in [1.165, 1.54) is 11.1 Å². The molecule has 2 rings (SSSR count). The van der Waals surface area contributed by atoms with Crippen molar-refractivity contribution < 1.29 is 14.3 Å². The van der Waals surface area contributed by atoms with Crippen molar-refractivity contribution in [1.82, 2.24) is 15.1 Å². The van der Waals surface area contributed by atoms with Crippen molar-refractivity contribution in [3.05, 3.63) is 35.4 Å². The van der Waals surface area contributed by atoms with Gasteiger partial charge in [-0.3, -0.25) is 9.69 Å². The van der Waals surface area contributed by atoms with Gasteiger partial charge < -0.3 is 15.0 Å². The first kappa shape index (κ1) is 20.6. The molecule has 0 atom stereocenters. The highest BCUT2D eigenvalue weighted by Crippen LogP contribution is 2.12. The van der Waals surface area contributed by atoms with Crippen molar-refractivity contribution in [2.24, 2.45) is 0 Å². The summed E-state index contributed by atoms with van der Waals surface area (Å²) in [4.78, 5) is 27.5. The summed E-state index contributed by atoms with van der Waals surface area (Å²) in [5, 5.41) is 2.97. The Morgan fingerprint density at radius 1 is 1.15 bits per heavy atom. The normalized spacial score (nSPS) is 14.9. The Kier molecular flexibility index (Phi) is 8.77. The SMILES string of the molecule is CCOC(=O)N1CCN(CC(=O)NCCSCc2ccc(C)cc2)CC1. The molecule has 1 aromatic rings. The molecule has 144 valence electrons. The lowest BCUT2D eigenvalue weighted by molar-refractivity contribution is -0.122. The summed E-state index contributed by atoms with van der Waals surface area (Å²) in [5.74, 6) is 1.91. The second-order valence-corrected chi connectivity index (χ2v) is 7.46. The van der Waals surface area contributed by atoms with E-state index in [-0.39, 0.29) is 12.0 Å². The Bertz CT molecular complexity index is 572. The van der Waals surface area contributed by atoms with Crippen LogP contribution in [0.2, 0.25) is 0 Å². The van der Waals surface area contributed by atoms with Crippen LogP contribution in [-0.4, -0.2) is 73.4 Å². The van der Waals surface area contributed by atoms with Crippen LogP contribution in [0.3, 0.4) is 0 Å². The van der Waals surface area contributed by atoms with Gasteiger partial charge in [0, 0.05) is 44.2 Å². The molecule has 6 nitrogen and oxygen atoms in total. The van der Waals surface area contributed by atoms with E-state index in [2.05, 4.69) is 41.4 Å². The molecule has 1 aliphatic rings. The number of hydrogen-bond donors (Lipinski definition) is 1. The summed E-state index contributed by atoms with van der Waals surface area (Å²) in [6.07, 6.45) is -0.262. The van der Waals surface area contributed by atoms with Crippen LogP contribution in [0, 0.1) is 6.92 Å². The zero-order valence-corrected chi connectivity index (χ0v) is 16.5. The predicted octanol–water partition coefficient (Wildman–Crippen LogP) is 2.12. The van der Waals surface area contributed by atoms with Crippen LogP contribution in [0.15, 0.2) is 24.3 Å². The number of hydrogen-bond acceptors (Lipinski definition) is 5. The summed E-state index contributed by atoms with van der Waals surface area (Å²) in [6.45, 7) is 7.97. The molecule has 1 N–H and O–H groups in total. The number of carbonyl (C=O) groups is 2. The monoisotopic (exact) mass is 379 g/mol. The van der Waals surface area contributed by atoms with E-state index in [4.69, 9.17) is 4.74 Å². The van der Waals surface area contributed by atoms with Crippen molar-refractivity contribution in [3.63, 3.8) is 0 Å². The number of piperazine rings is 1. The van der Waals surface area contributed by atoms with Crippen molar-refractivity contribution in [2.75, 3.05) is 51.6 Å². The Labute approximate surface area is 160 Å². The second-order valence-electron chi connectivity index (χ2n) is 6.35. The number of amides is 2. The smallest absolute Gasteiger partial charge is 0.409 e. The van der Waals surface area contributed by atoms with Gasteiger partial charge in [-0.15, -0.1) is 0 Å². The van der Waals surface area contributed by atoms with Crippen molar-refractivity contribution in [2.45, 2.75) is 19.6 Å². The van der Waals surface area contributed by atoms with Crippen molar-refractivity contribution in [1.29, 1.82) is 0 Å². The molecule has 1 saturated heterocycles. The van der Waals surface area contributed by atoms with Gasteiger partial charge in [0.25, 0.3) is 0 Å². The summed E-state index contributed by atoms with van der Waals surface area (Å²) in [7, 11) is 0. The molecule has 0 radical (unpaired) electrons. The molecule has 26 heavy (non-hydrogen) atoms. The minimum absolute atomic E-state index is 0.0468. The van der Waals surface area contributed by atoms with Crippen molar-refractivity contribution in [3.8, 4) is 0 Å². The van der Waals surface area contributed by atoms with Crippen LogP contribution >= 0.6 is 11.8 Å². The lowest BCUT2D eigenvalue weighted by atomic mass is 10.2. The molecular formula is C19H29N3O3S. The zero-order valence-electron chi connectivity index (χ0n) is 15.7. The van der Waals surface area contributed by atoms with Gasteiger partial charge in [0.05, 0.1) is 13.2 Å². The molecule has 0 aliphatic carbocycles. The van der Waals surface area contributed by atoms with Gasteiger partial charge in [-0.1, -0.05) is 29.8 Å². The highest BCUT2D eigenvalue weighted by Gasteiger charge is 2.22. The molecule has 0 spiro atoms. The fourth-order valence-electron chi connectivity index (χ4n) is 2.70. The van der Waals surface area contributed by atoms with Gasteiger partial charge in [0.2, 0.25) is 5.91 Å². The first-order valence-electron chi connectivity index (χ1n) is 9.12. The average Bonchev–Trinajstić information content (AvgIpc) is 2.64. The van der Waals surface area contributed by atoms with Crippen LogP contribution in [0.1, 0.15) is 18.1 Å². The zero-order chi connectivity index (χ0) is 18.8. The fourth-order valence-corrected chi connectivity index (χ4v) is 3.52. The molecule has 2 amide bonds. The van der Waals surface area contributed by atoms with Crippen LogP contribution in [0.25, 0.3) is 0 Å². The highest BCUT2D eigenvalue weighted by molar-refractivity contribution is 7.98. The first-order chi connectivity index (χ1) is 12.6. The maximum atomic E-state index is 12.0. The molecule has 1 aliphatic heterocycles. The van der Waals surface area contributed by atoms with Gasteiger partial charge in [-0.05, 0) is 19.4 Å². The summed E-state index contributed by atoms with van der Waals surface area (Å²) in [6, 6.07) is 8.55. The first-order valence-corrected chi connectivity index (χ1v) is 10.3. The minimum atomic E-state index is -0.262. The molecule has 1 fully saturated rings. The van der Waals surface area contributed by atoms with E-state index < -0.39 is 0 Å². The molecule has 0 saturated carbocycles. The molecule has 0 bridgehead atoms. The lowest BCUT2D eigenvalue weighted by Crippen LogP contribution is -2.51. The summed E-state index contributed by atoms with van der Waals surface area (Å²) >= 11 is 1.82. The molecule has 1 heterocycles.